The maximum atomic E-state index is 6.32. The van der Waals surface area contributed by atoms with E-state index in [-0.39, 0.29) is 0 Å². The Morgan fingerprint density at radius 1 is 0.903 bits per heavy atom. The van der Waals surface area contributed by atoms with Crippen LogP contribution in [0.2, 0.25) is 0 Å². The van der Waals surface area contributed by atoms with Gasteiger partial charge in [0.25, 0.3) is 0 Å². The zero-order valence-corrected chi connectivity index (χ0v) is 18.7. The molecule has 2 aromatic carbocycles. The molecule has 2 heterocycles. The van der Waals surface area contributed by atoms with E-state index in [0.717, 1.165) is 66.7 Å². The minimum absolute atomic E-state index is 0.513. The summed E-state index contributed by atoms with van der Waals surface area (Å²) in [5, 5.41) is 4.62. The zero-order chi connectivity index (χ0) is 21.6. The maximum absolute atomic E-state index is 6.32. The van der Waals surface area contributed by atoms with Crippen LogP contribution >= 0.6 is 0 Å². The highest BCUT2D eigenvalue weighted by Gasteiger charge is 2.17. The second kappa shape index (κ2) is 9.92. The van der Waals surface area contributed by atoms with Gasteiger partial charge in [-0.2, -0.15) is 0 Å². The van der Waals surface area contributed by atoms with Gasteiger partial charge in [0, 0.05) is 24.9 Å². The van der Waals surface area contributed by atoms with Gasteiger partial charge in [-0.15, -0.1) is 0 Å². The van der Waals surface area contributed by atoms with Gasteiger partial charge in [-0.05, 0) is 36.6 Å². The van der Waals surface area contributed by atoms with Gasteiger partial charge in [-0.1, -0.05) is 69.2 Å². The minimum Gasteiger partial charge on any atom is -0.382 e. The fourth-order valence-corrected chi connectivity index (χ4v) is 4.08. The normalized spacial score (nSPS) is 11.5. The number of rotatable bonds is 10. The van der Waals surface area contributed by atoms with Gasteiger partial charge in [-0.3, -0.25) is 0 Å². The van der Waals surface area contributed by atoms with Crippen molar-refractivity contribution < 1.29 is 0 Å². The van der Waals surface area contributed by atoms with Gasteiger partial charge in [0.05, 0.1) is 11.0 Å². The first-order chi connectivity index (χ1) is 15.2. The second-order valence-corrected chi connectivity index (χ2v) is 8.28. The van der Waals surface area contributed by atoms with Crippen LogP contribution < -0.4 is 11.1 Å². The van der Waals surface area contributed by atoms with Crippen LogP contribution in [0, 0.1) is 0 Å². The van der Waals surface area contributed by atoms with Crippen LogP contribution in [0.25, 0.3) is 21.9 Å². The molecule has 3 N–H and O–H groups in total. The third-order valence-corrected chi connectivity index (χ3v) is 5.84. The molecular weight excluding hydrogens is 382 g/mol. The summed E-state index contributed by atoms with van der Waals surface area (Å²) in [7, 11) is 0. The molecule has 2 aromatic heterocycles. The third kappa shape index (κ3) is 4.72. The number of unbranched alkanes of at least 4 members (excludes halogenated alkanes) is 2. The molecule has 4 aromatic rings. The Morgan fingerprint density at radius 3 is 2.42 bits per heavy atom. The van der Waals surface area contributed by atoms with E-state index < -0.39 is 0 Å². The van der Waals surface area contributed by atoms with E-state index >= 15 is 0 Å². The van der Waals surface area contributed by atoms with Crippen molar-refractivity contribution in [1.82, 2.24) is 19.9 Å². The van der Waals surface area contributed by atoms with Crippen molar-refractivity contribution in [2.45, 2.75) is 59.0 Å². The number of nitrogens with two attached hydrogens (primary N) is 1. The van der Waals surface area contributed by atoms with Gasteiger partial charge in [0.2, 0.25) is 0 Å². The van der Waals surface area contributed by atoms with Crippen molar-refractivity contribution in [3.05, 3.63) is 65.5 Å². The predicted molar refractivity (Wildman–Crippen MR) is 130 cm³/mol. The van der Waals surface area contributed by atoms with Crippen LogP contribution in [-0.4, -0.2) is 21.1 Å². The monoisotopic (exact) mass is 415 g/mol. The van der Waals surface area contributed by atoms with Crippen molar-refractivity contribution >= 4 is 27.8 Å². The summed E-state index contributed by atoms with van der Waals surface area (Å²) in [6.07, 6.45) is 5.63. The summed E-state index contributed by atoms with van der Waals surface area (Å²) >= 11 is 0. The van der Waals surface area contributed by atoms with E-state index in [4.69, 9.17) is 10.7 Å². The molecule has 0 fully saturated rings. The van der Waals surface area contributed by atoms with Crippen LogP contribution in [0.5, 0.6) is 0 Å². The molecule has 0 amide bonds. The Kier molecular flexibility index (Phi) is 6.82. The average Bonchev–Trinajstić information content (AvgIpc) is 3.15. The van der Waals surface area contributed by atoms with Crippen LogP contribution in [0.3, 0.4) is 0 Å². The van der Waals surface area contributed by atoms with E-state index in [0.29, 0.717) is 5.82 Å². The van der Waals surface area contributed by atoms with Crippen LogP contribution in [0.1, 0.15) is 56.5 Å². The molecule has 0 aliphatic carbocycles. The van der Waals surface area contributed by atoms with Gasteiger partial charge in [0.1, 0.15) is 11.3 Å². The van der Waals surface area contributed by atoms with Crippen molar-refractivity contribution in [2.24, 2.45) is 0 Å². The molecule has 162 valence electrons. The van der Waals surface area contributed by atoms with Crippen molar-refractivity contribution in [3.63, 3.8) is 0 Å². The molecule has 0 spiro atoms. The Balaban J connectivity index is 1.68. The summed E-state index contributed by atoms with van der Waals surface area (Å²) in [5.74, 6) is 1.60. The summed E-state index contributed by atoms with van der Waals surface area (Å²) in [4.78, 5) is 9.53. The number of hydrogen-bond acceptors (Lipinski definition) is 4. The van der Waals surface area contributed by atoms with Crippen LogP contribution in [0.4, 0.5) is 5.82 Å². The Hall–Kier alpha value is -2.92. The van der Waals surface area contributed by atoms with E-state index in [1.165, 1.54) is 24.0 Å². The van der Waals surface area contributed by atoms with Gasteiger partial charge in [-0.25, -0.2) is 9.97 Å². The molecule has 0 bridgehead atoms. The molecule has 0 atom stereocenters. The first-order valence-electron chi connectivity index (χ1n) is 11.5. The molecule has 0 unspecified atom stereocenters. The fraction of sp³-hybridized carbons (Fsp3) is 0.385. The number of nitrogens with one attached hydrogen (secondary N) is 1. The van der Waals surface area contributed by atoms with Gasteiger partial charge in [0.15, 0.2) is 5.82 Å². The Labute approximate surface area is 184 Å². The Morgan fingerprint density at radius 2 is 1.65 bits per heavy atom. The molecule has 0 saturated carbocycles. The summed E-state index contributed by atoms with van der Waals surface area (Å²) in [6, 6.07) is 17.1. The first-order valence-corrected chi connectivity index (χ1v) is 11.5. The standard InChI is InChI=1S/C26H33N5/c1-3-5-11-23-30-24-25(21-9-7-8-10-22(21)29-26(24)27)31(23)18-20-14-12-19(13-15-20)17-28-16-6-4-2/h7-10,12-15,28H,3-6,11,16-18H2,1-2H3,(H2,27,29). The summed E-state index contributed by atoms with van der Waals surface area (Å²) < 4.78 is 2.35. The molecule has 5 heteroatoms. The number of imidazole rings is 1. The molecule has 5 nitrogen and oxygen atoms in total. The maximum Gasteiger partial charge on any atom is 0.152 e. The molecule has 4 rings (SSSR count). The lowest BCUT2D eigenvalue weighted by molar-refractivity contribution is 0.641. The number of fused-ring (bicyclic) bond motifs is 3. The highest BCUT2D eigenvalue weighted by molar-refractivity contribution is 6.06. The summed E-state index contributed by atoms with van der Waals surface area (Å²) in [6.45, 7) is 7.21. The van der Waals surface area contributed by atoms with Gasteiger partial charge < -0.3 is 15.6 Å². The molecule has 0 aliphatic rings. The highest BCUT2D eigenvalue weighted by Crippen LogP contribution is 2.30. The number of para-hydroxylation sites is 1. The number of anilines is 1. The van der Waals surface area contributed by atoms with E-state index in [2.05, 4.69) is 65.1 Å². The SMILES string of the molecule is CCCCNCc1ccc(Cn2c(CCCC)nc3c(N)nc4ccccc4c32)cc1. The second-order valence-electron chi connectivity index (χ2n) is 8.28. The number of aryl methyl sites for hydroxylation is 1. The average molecular weight is 416 g/mol. The first kappa shape index (κ1) is 21.3. The highest BCUT2D eigenvalue weighted by atomic mass is 15.1. The number of hydrogen-bond donors (Lipinski definition) is 2. The quantitative estimate of drug-likeness (QED) is 0.338. The number of pyridine rings is 1. The topological polar surface area (TPSA) is 68.8 Å². The smallest absolute Gasteiger partial charge is 0.152 e. The molecule has 0 saturated heterocycles. The third-order valence-electron chi connectivity index (χ3n) is 5.84. The molecular formula is C26H33N5. The zero-order valence-electron chi connectivity index (χ0n) is 18.7. The lowest BCUT2D eigenvalue weighted by atomic mass is 10.1. The van der Waals surface area contributed by atoms with Crippen molar-refractivity contribution in [2.75, 3.05) is 12.3 Å². The number of benzene rings is 2. The Bertz CT molecular complexity index is 1140. The summed E-state index contributed by atoms with van der Waals surface area (Å²) in [5.41, 5.74) is 11.8. The minimum atomic E-state index is 0.513. The van der Waals surface area contributed by atoms with Crippen molar-refractivity contribution in [1.29, 1.82) is 0 Å². The van der Waals surface area contributed by atoms with E-state index in [1.54, 1.807) is 0 Å². The number of nitrogen functional groups attached to an aromatic ring is 1. The lowest BCUT2D eigenvalue weighted by Gasteiger charge is -2.12. The number of nitrogens with zero attached hydrogens (tertiary/aromatic N) is 3. The van der Waals surface area contributed by atoms with E-state index in [1.807, 2.05) is 12.1 Å². The molecule has 0 aliphatic heterocycles. The molecule has 0 radical (unpaired) electrons. The largest absolute Gasteiger partial charge is 0.382 e. The molecule has 31 heavy (non-hydrogen) atoms. The fourth-order valence-electron chi connectivity index (χ4n) is 4.08. The lowest BCUT2D eigenvalue weighted by Crippen LogP contribution is -2.14. The predicted octanol–water partition coefficient (Wildman–Crippen LogP) is 5.45. The van der Waals surface area contributed by atoms with Crippen LogP contribution in [0.15, 0.2) is 48.5 Å². The van der Waals surface area contributed by atoms with Crippen molar-refractivity contribution in [3.8, 4) is 0 Å². The van der Waals surface area contributed by atoms with E-state index in [9.17, 15) is 0 Å². The van der Waals surface area contributed by atoms with Crippen LogP contribution in [-0.2, 0) is 19.5 Å². The number of aromatic nitrogens is 3. The van der Waals surface area contributed by atoms with Gasteiger partial charge >= 0.3 is 0 Å².